The van der Waals surface area contributed by atoms with Crippen molar-refractivity contribution in [3.05, 3.63) is 0 Å². The van der Waals surface area contributed by atoms with Gasteiger partial charge in [-0.1, -0.05) is 0 Å². The average molecular weight is 255 g/mol. The fourth-order valence-corrected chi connectivity index (χ4v) is 1.25. The van der Waals surface area contributed by atoms with E-state index in [-0.39, 0.29) is 0 Å². The second-order valence-electron chi connectivity index (χ2n) is 3.35. The maximum atomic E-state index is 5.29. The summed E-state index contributed by atoms with van der Waals surface area (Å²) in [6, 6.07) is 0.322. The molecule has 0 saturated carbocycles. The zero-order chi connectivity index (χ0) is 13.2. The van der Waals surface area contributed by atoms with Crippen molar-refractivity contribution >= 4 is 11.9 Å². The number of anilines is 2. The molecule has 0 aromatic carbocycles. The van der Waals surface area contributed by atoms with Crippen LogP contribution in [0.1, 0.15) is 20.8 Å². The van der Waals surface area contributed by atoms with E-state index < -0.39 is 0 Å². The van der Waals surface area contributed by atoms with Crippen LogP contribution in [0.25, 0.3) is 0 Å². The molecule has 18 heavy (non-hydrogen) atoms. The predicted octanol–water partition coefficient (Wildman–Crippen LogP) is 1.15. The summed E-state index contributed by atoms with van der Waals surface area (Å²) in [5.74, 6) is 0.999. The standard InChI is InChI=1S/C11H21N5O2/c1-4-12-9-14-10(13-7-8-17-5-2)16-11(15-9)18-6-3/h4-8H2,1-3H3,(H2,12,13,14,15,16). The molecule has 0 aliphatic rings. The van der Waals surface area contributed by atoms with Gasteiger partial charge in [0.15, 0.2) is 0 Å². The van der Waals surface area contributed by atoms with Crippen LogP contribution in [0.5, 0.6) is 6.01 Å². The van der Waals surface area contributed by atoms with Gasteiger partial charge in [-0.15, -0.1) is 0 Å². The topological polar surface area (TPSA) is 81.2 Å². The number of ether oxygens (including phenoxy) is 2. The molecule has 0 spiro atoms. The molecular formula is C11H21N5O2. The molecule has 1 aromatic rings. The molecule has 7 heteroatoms. The highest BCUT2D eigenvalue weighted by Gasteiger charge is 2.06. The number of rotatable bonds is 9. The Hall–Kier alpha value is -1.63. The molecule has 0 aliphatic carbocycles. The summed E-state index contributed by atoms with van der Waals surface area (Å²) in [6.45, 7) is 9.05. The van der Waals surface area contributed by atoms with Crippen LogP contribution in [0.15, 0.2) is 0 Å². The molecule has 0 atom stereocenters. The van der Waals surface area contributed by atoms with Gasteiger partial charge in [-0.2, -0.15) is 15.0 Å². The molecule has 0 amide bonds. The summed E-state index contributed by atoms with van der Waals surface area (Å²) in [5.41, 5.74) is 0. The molecule has 0 unspecified atom stereocenters. The van der Waals surface area contributed by atoms with E-state index in [9.17, 15) is 0 Å². The highest BCUT2D eigenvalue weighted by atomic mass is 16.5. The molecule has 2 N–H and O–H groups in total. The Kier molecular flexibility index (Phi) is 6.78. The van der Waals surface area contributed by atoms with Crippen LogP contribution in [0.3, 0.4) is 0 Å². The van der Waals surface area contributed by atoms with Crippen LogP contribution in [0.4, 0.5) is 11.9 Å². The summed E-state index contributed by atoms with van der Waals surface area (Å²) >= 11 is 0. The van der Waals surface area contributed by atoms with Crippen molar-refractivity contribution in [2.45, 2.75) is 20.8 Å². The first-order valence-corrected chi connectivity index (χ1v) is 6.24. The van der Waals surface area contributed by atoms with Gasteiger partial charge in [0.05, 0.1) is 13.2 Å². The van der Waals surface area contributed by atoms with E-state index in [4.69, 9.17) is 9.47 Å². The van der Waals surface area contributed by atoms with Gasteiger partial charge in [-0.05, 0) is 20.8 Å². The lowest BCUT2D eigenvalue weighted by Gasteiger charge is -2.09. The fraction of sp³-hybridized carbons (Fsp3) is 0.727. The van der Waals surface area contributed by atoms with Crippen molar-refractivity contribution < 1.29 is 9.47 Å². The van der Waals surface area contributed by atoms with Gasteiger partial charge in [0.2, 0.25) is 11.9 Å². The number of nitrogens with zero attached hydrogens (tertiary/aromatic N) is 3. The summed E-state index contributed by atoms with van der Waals surface area (Å²) < 4.78 is 10.5. The van der Waals surface area contributed by atoms with Crippen molar-refractivity contribution in [1.29, 1.82) is 0 Å². The molecular weight excluding hydrogens is 234 g/mol. The third-order valence-electron chi connectivity index (χ3n) is 1.96. The largest absolute Gasteiger partial charge is 0.464 e. The van der Waals surface area contributed by atoms with Gasteiger partial charge < -0.3 is 20.1 Å². The van der Waals surface area contributed by atoms with Gasteiger partial charge in [0.25, 0.3) is 0 Å². The van der Waals surface area contributed by atoms with Crippen LogP contribution < -0.4 is 15.4 Å². The molecule has 1 aromatic heterocycles. The van der Waals surface area contributed by atoms with E-state index in [0.717, 1.165) is 6.54 Å². The van der Waals surface area contributed by atoms with E-state index in [1.807, 2.05) is 20.8 Å². The molecule has 0 saturated heterocycles. The summed E-state index contributed by atoms with van der Waals surface area (Å²) in [6.07, 6.45) is 0. The molecule has 1 heterocycles. The Morgan fingerprint density at radius 1 is 0.944 bits per heavy atom. The molecule has 0 radical (unpaired) electrons. The van der Waals surface area contributed by atoms with Crippen molar-refractivity contribution in [2.24, 2.45) is 0 Å². The van der Waals surface area contributed by atoms with Crippen LogP contribution >= 0.6 is 0 Å². The maximum Gasteiger partial charge on any atom is 0.323 e. The number of hydrogen-bond acceptors (Lipinski definition) is 7. The van der Waals surface area contributed by atoms with Gasteiger partial charge in [-0.3, -0.25) is 0 Å². The first kappa shape index (κ1) is 14.4. The Labute approximate surface area is 107 Å². The molecule has 1 rings (SSSR count). The normalized spacial score (nSPS) is 10.2. The quantitative estimate of drug-likeness (QED) is 0.640. The van der Waals surface area contributed by atoms with Crippen LogP contribution in [0, 0.1) is 0 Å². The zero-order valence-corrected chi connectivity index (χ0v) is 11.2. The van der Waals surface area contributed by atoms with Crippen LogP contribution in [0.2, 0.25) is 0 Å². The number of aromatic nitrogens is 3. The van der Waals surface area contributed by atoms with Gasteiger partial charge in [-0.25, -0.2) is 0 Å². The first-order valence-electron chi connectivity index (χ1n) is 6.24. The third-order valence-corrected chi connectivity index (χ3v) is 1.96. The lowest BCUT2D eigenvalue weighted by atomic mass is 10.6. The van der Waals surface area contributed by atoms with Crippen molar-refractivity contribution in [3.8, 4) is 6.01 Å². The average Bonchev–Trinajstić information content (AvgIpc) is 2.35. The molecule has 7 nitrogen and oxygen atoms in total. The highest BCUT2D eigenvalue weighted by Crippen LogP contribution is 2.10. The van der Waals surface area contributed by atoms with E-state index in [1.165, 1.54) is 0 Å². The Bertz CT molecular complexity index is 324. The van der Waals surface area contributed by atoms with Gasteiger partial charge >= 0.3 is 6.01 Å². The van der Waals surface area contributed by atoms with Crippen molar-refractivity contribution in [2.75, 3.05) is 43.5 Å². The monoisotopic (exact) mass is 255 g/mol. The van der Waals surface area contributed by atoms with E-state index >= 15 is 0 Å². The minimum Gasteiger partial charge on any atom is -0.464 e. The Morgan fingerprint density at radius 3 is 2.28 bits per heavy atom. The van der Waals surface area contributed by atoms with E-state index in [1.54, 1.807) is 0 Å². The van der Waals surface area contributed by atoms with Gasteiger partial charge in [0.1, 0.15) is 0 Å². The smallest absolute Gasteiger partial charge is 0.323 e. The molecule has 0 aliphatic heterocycles. The summed E-state index contributed by atoms with van der Waals surface area (Å²) in [5, 5.41) is 6.10. The van der Waals surface area contributed by atoms with Crippen LogP contribution in [-0.2, 0) is 4.74 Å². The summed E-state index contributed by atoms with van der Waals surface area (Å²) in [4.78, 5) is 12.5. The third kappa shape index (κ3) is 5.13. The zero-order valence-electron chi connectivity index (χ0n) is 11.2. The molecule has 0 bridgehead atoms. The second kappa shape index (κ2) is 8.46. The van der Waals surface area contributed by atoms with Gasteiger partial charge in [0, 0.05) is 19.7 Å². The molecule has 102 valence electrons. The first-order chi connectivity index (χ1) is 8.80. The SMILES string of the molecule is CCNc1nc(NCCOCC)nc(OCC)n1. The van der Waals surface area contributed by atoms with E-state index in [2.05, 4.69) is 25.6 Å². The molecule has 0 fully saturated rings. The van der Waals surface area contributed by atoms with E-state index in [0.29, 0.717) is 44.3 Å². The summed E-state index contributed by atoms with van der Waals surface area (Å²) in [7, 11) is 0. The Morgan fingerprint density at radius 2 is 1.67 bits per heavy atom. The number of nitrogens with one attached hydrogen (secondary N) is 2. The lowest BCUT2D eigenvalue weighted by molar-refractivity contribution is 0.158. The minimum absolute atomic E-state index is 0.322. The number of hydrogen-bond donors (Lipinski definition) is 2. The van der Waals surface area contributed by atoms with Crippen LogP contribution in [-0.4, -0.2) is 47.9 Å². The Balaban J connectivity index is 2.63. The lowest BCUT2D eigenvalue weighted by Crippen LogP contribution is -2.14. The minimum atomic E-state index is 0.322. The highest BCUT2D eigenvalue weighted by molar-refractivity contribution is 5.35. The fourth-order valence-electron chi connectivity index (χ4n) is 1.25. The maximum absolute atomic E-state index is 5.29. The predicted molar refractivity (Wildman–Crippen MR) is 70.1 cm³/mol. The second-order valence-corrected chi connectivity index (χ2v) is 3.35. The van der Waals surface area contributed by atoms with Crippen molar-refractivity contribution in [1.82, 2.24) is 15.0 Å². The van der Waals surface area contributed by atoms with Crippen molar-refractivity contribution in [3.63, 3.8) is 0 Å².